The lowest BCUT2D eigenvalue weighted by Gasteiger charge is -2.54. The van der Waals surface area contributed by atoms with Crippen LogP contribution in [0.25, 0.3) is 22.3 Å². The van der Waals surface area contributed by atoms with Gasteiger partial charge in [0.25, 0.3) is 11.8 Å². The number of ether oxygens (including phenoxy) is 1. The number of piperidine rings is 3. The fraction of sp³-hybridized carbons (Fsp3) is 0.386. The predicted molar refractivity (Wildman–Crippen MR) is 220 cm³/mol. The van der Waals surface area contributed by atoms with E-state index >= 15 is 13.2 Å². The van der Waals surface area contributed by atoms with Gasteiger partial charge in [0.1, 0.15) is 40.9 Å². The van der Waals surface area contributed by atoms with Gasteiger partial charge in [-0.15, -0.1) is 0 Å². The first kappa shape index (κ1) is 39.7. The van der Waals surface area contributed by atoms with Crippen LogP contribution in [0.15, 0.2) is 79.1 Å². The second-order valence-electron chi connectivity index (χ2n) is 16.7. The number of carbonyl (C=O) groups excluding carboxylic acids is 4. The highest BCUT2D eigenvalue weighted by atomic mass is 19.4. The van der Waals surface area contributed by atoms with Gasteiger partial charge < -0.3 is 15.4 Å². The number of imide groups is 2. The van der Waals surface area contributed by atoms with E-state index in [0.717, 1.165) is 10.5 Å². The third-order valence-corrected chi connectivity index (χ3v) is 13.4. The van der Waals surface area contributed by atoms with Crippen molar-refractivity contribution < 1.29 is 37.1 Å². The van der Waals surface area contributed by atoms with Crippen molar-refractivity contribution in [2.24, 2.45) is 0 Å². The van der Waals surface area contributed by atoms with Crippen LogP contribution in [0, 0.1) is 0 Å². The molecule has 18 heteroatoms. The Labute approximate surface area is 353 Å². The third kappa shape index (κ3) is 6.72. The van der Waals surface area contributed by atoms with E-state index in [0.29, 0.717) is 59.8 Å². The number of hydrogen-bond acceptors (Lipinski definition) is 12. The van der Waals surface area contributed by atoms with Crippen molar-refractivity contribution in [3.63, 3.8) is 0 Å². The molecule has 7 heterocycles. The molecule has 0 spiro atoms. The number of likely N-dealkylation sites (tertiary alicyclic amines) is 2. The van der Waals surface area contributed by atoms with Crippen molar-refractivity contribution >= 4 is 46.2 Å². The number of nitrogens with two attached hydrogens (primary N) is 1. The quantitative estimate of drug-likeness (QED) is 0.196. The summed E-state index contributed by atoms with van der Waals surface area (Å²) < 4.78 is 53.5. The Kier molecular flexibility index (Phi) is 9.74. The van der Waals surface area contributed by atoms with Crippen molar-refractivity contribution in [2.75, 3.05) is 49.9 Å². The van der Waals surface area contributed by atoms with Crippen molar-refractivity contribution in [3.05, 3.63) is 90.3 Å². The summed E-state index contributed by atoms with van der Waals surface area (Å²) in [5.41, 5.74) is 7.45. The van der Waals surface area contributed by atoms with Gasteiger partial charge in [0.2, 0.25) is 11.8 Å². The number of alkyl halides is 3. The van der Waals surface area contributed by atoms with Gasteiger partial charge >= 0.3 is 6.18 Å². The number of fused-ring (bicyclic) bond motifs is 2. The topological polar surface area (TPSA) is 172 Å². The highest BCUT2D eigenvalue weighted by Crippen LogP contribution is 2.46. The van der Waals surface area contributed by atoms with Crippen LogP contribution in [-0.2, 0) is 9.59 Å². The normalized spacial score (nSPS) is 21.6. The Morgan fingerprint density at radius 2 is 1.48 bits per heavy atom. The molecule has 15 nitrogen and oxygen atoms in total. The molecular formula is C44H43F3N10O5. The molecule has 4 fully saturated rings. The number of amides is 4. The number of nitrogens with zero attached hydrogens (tertiary/aromatic N) is 8. The number of aromatic nitrogens is 4. The van der Waals surface area contributed by atoms with Crippen LogP contribution in [0.2, 0.25) is 0 Å². The first-order valence-corrected chi connectivity index (χ1v) is 20.9. The minimum atomic E-state index is -4.43. The number of hydrogen-bond donors (Lipinski definition) is 2. The van der Waals surface area contributed by atoms with Gasteiger partial charge in [0.15, 0.2) is 5.65 Å². The molecule has 2 aromatic heterocycles. The fourth-order valence-corrected chi connectivity index (χ4v) is 9.89. The third-order valence-electron chi connectivity index (χ3n) is 13.4. The largest absolute Gasteiger partial charge is 0.457 e. The first-order valence-electron chi connectivity index (χ1n) is 20.9. The minimum absolute atomic E-state index is 0.0295. The molecular weight excluding hydrogens is 806 g/mol. The highest BCUT2D eigenvalue weighted by molar-refractivity contribution is 6.23. The molecule has 10 rings (SSSR count). The summed E-state index contributed by atoms with van der Waals surface area (Å²) in [5, 5.41) is 7.76. The fourth-order valence-electron chi connectivity index (χ4n) is 9.89. The Hall–Kier alpha value is -6.40. The molecule has 5 aliphatic rings. The van der Waals surface area contributed by atoms with E-state index < -0.39 is 41.4 Å². The monoisotopic (exact) mass is 848 g/mol. The molecule has 5 aromatic rings. The van der Waals surface area contributed by atoms with Crippen molar-refractivity contribution in [1.29, 1.82) is 0 Å². The Bertz CT molecular complexity index is 2580. The average molecular weight is 849 g/mol. The molecule has 4 saturated heterocycles. The van der Waals surface area contributed by atoms with Gasteiger partial charge in [-0.3, -0.25) is 39.2 Å². The van der Waals surface area contributed by atoms with Gasteiger partial charge in [-0.25, -0.2) is 14.6 Å². The minimum Gasteiger partial charge on any atom is -0.457 e. The molecule has 320 valence electrons. The van der Waals surface area contributed by atoms with Crippen molar-refractivity contribution in [1.82, 2.24) is 39.8 Å². The van der Waals surface area contributed by atoms with E-state index in [1.807, 2.05) is 64.2 Å². The summed E-state index contributed by atoms with van der Waals surface area (Å²) in [7, 11) is 0. The molecule has 3 N–H and O–H groups in total. The molecule has 62 heavy (non-hydrogen) atoms. The maximum absolute atomic E-state index is 15.2. The van der Waals surface area contributed by atoms with Crippen LogP contribution in [-0.4, -0.2) is 121 Å². The zero-order valence-electron chi connectivity index (χ0n) is 33.6. The summed E-state index contributed by atoms with van der Waals surface area (Å²) >= 11 is 0. The van der Waals surface area contributed by atoms with E-state index in [1.165, 1.54) is 6.33 Å². The molecule has 0 unspecified atom stereocenters. The number of carbonyl (C=O) groups is 4. The zero-order chi connectivity index (χ0) is 42.9. The summed E-state index contributed by atoms with van der Waals surface area (Å²) in [6.07, 6.45) is -2.15. The van der Waals surface area contributed by atoms with Gasteiger partial charge in [0.05, 0.1) is 22.6 Å². The Morgan fingerprint density at radius 3 is 2.18 bits per heavy atom. The van der Waals surface area contributed by atoms with Crippen LogP contribution in [0.5, 0.6) is 11.5 Å². The Morgan fingerprint density at radius 1 is 0.790 bits per heavy atom. The Balaban J connectivity index is 0.782. The SMILES string of the molecule is Nc1ncnc2c1c(-c1ccc(Oc3ccccc3)cc1)nn2C1CCN(C2(C(F)(F)F)CCN(C3CN(c4ccc5c(c4)C(=O)N([C@@H]4CCC(=O)NC4=O)C5=O)C3)CC2)CC1. The summed E-state index contributed by atoms with van der Waals surface area (Å²) in [6.45, 7) is 2.17. The number of halogens is 3. The van der Waals surface area contributed by atoms with Crippen LogP contribution in [0.1, 0.15) is 65.3 Å². The van der Waals surface area contributed by atoms with Crippen LogP contribution >= 0.6 is 0 Å². The molecule has 3 aromatic carbocycles. The zero-order valence-corrected chi connectivity index (χ0v) is 33.6. The molecule has 0 radical (unpaired) electrons. The van der Waals surface area contributed by atoms with Gasteiger partial charge in [0, 0.05) is 63.0 Å². The lowest BCUT2D eigenvalue weighted by Crippen LogP contribution is -2.68. The maximum atomic E-state index is 15.2. The first-order chi connectivity index (χ1) is 29.9. The van der Waals surface area contributed by atoms with Gasteiger partial charge in [-0.05, 0) is 86.7 Å². The molecule has 0 aliphatic carbocycles. The summed E-state index contributed by atoms with van der Waals surface area (Å²) in [6, 6.07) is 20.6. The number of benzene rings is 3. The number of rotatable bonds is 8. The highest BCUT2D eigenvalue weighted by Gasteiger charge is 2.60. The van der Waals surface area contributed by atoms with E-state index in [1.54, 1.807) is 23.1 Å². The second kappa shape index (κ2) is 15.2. The number of anilines is 2. The lowest BCUT2D eigenvalue weighted by molar-refractivity contribution is -0.250. The second-order valence-corrected chi connectivity index (χ2v) is 16.7. The standard InChI is InChI=1S/C44H43F3N10O5/c45-44(46,47)43(16-20-53(21-17-43)29-23-54(24-29)28-8-11-32-33(22-28)42(61)56(41(32)60)34-12-13-35(58)51-40(34)59)55-18-14-27(15-19-55)57-39-36(38(48)49-25-50-39)37(52-57)26-6-9-31(10-7-26)62-30-4-2-1-3-5-30/h1-11,22,25,27,29,34H,12-21,23-24H2,(H2,48,49,50)(H,51,58,59)/t34-/m1/s1. The summed E-state index contributed by atoms with van der Waals surface area (Å²) in [5.74, 6) is -0.644. The smallest absolute Gasteiger partial charge is 0.406 e. The van der Waals surface area contributed by atoms with Crippen molar-refractivity contribution in [3.8, 4) is 22.8 Å². The van der Waals surface area contributed by atoms with E-state index in [4.69, 9.17) is 15.6 Å². The average Bonchev–Trinajstić information content (AvgIpc) is 3.76. The van der Waals surface area contributed by atoms with Crippen LogP contribution < -0.4 is 20.7 Å². The van der Waals surface area contributed by atoms with Gasteiger partial charge in [-0.1, -0.05) is 18.2 Å². The van der Waals surface area contributed by atoms with Crippen LogP contribution in [0.3, 0.4) is 0 Å². The molecule has 5 aliphatic heterocycles. The van der Waals surface area contributed by atoms with E-state index in [2.05, 4.69) is 20.2 Å². The van der Waals surface area contributed by atoms with Crippen molar-refractivity contribution in [2.45, 2.75) is 68.4 Å². The van der Waals surface area contributed by atoms with Gasteiger partial charge in [-0.2, -0.15) is 18.3 Å². The van der Waals surface area contributed by atoms with E-state index in [9.17, 15) is 19.2 Å². The lowest BCUT2D eigenvalue weighted by atomic mass is 9.82. The van der Waals surface area contributed by atoms with E-state index in [-0.39, 0.29) is 80.9 Å². The maximum Gasteiger partial charge on any atom is 0.406 e. The summed E-state index contributed by atoms with van der Waals surface area (Å²) in [4.78, 5) is 66.1. The predicted octanol–water partition coefficient (Wildman–Crippen LogP) is 5.19. The number of nitrogen functional groups attached to an aromatic ring is 1. The molecule has 1 atom stereocenters. The number of para-hydroxylation sites is 1. The van der Waals surface area contributed by atoms with Crippen LogP contribution in [0.4, 0.5) is 24.7 Å². The molecule has 0 saturated carbocycles. The molecule has 0 bridgehead atoms. The number of nitrogens with one attached hydrogen (secondary N) is 1. The molecule has 4 amide bonds.